The number of methoxy groups -OCH3 is 1. The predicted octanol–water partition coefficient (Wildman–Crippen LogP) is 4.88. The lowest BCUT2D eigenvalue weighted by molar-refractivity contribution is -0.139. The first-order valence-corrected chi connectivity index (χ1v) is 10.5. The molecule has 0 bridgehead atoms. The van der Waals surface area contributed by atoms with Gasteiger partial charge in [0.15, 0.2) is 5.82 Å². The molecule has 0 saturated carbocycles. The van der Waals surface area contributed by atoms with E-state index in [1.807, 2.05) is 66.7 Å². The van der Waals surface area contributed by atoms with Crippen molar-refractivity contribution in [2.24, 2.45) is 0 Å². The molecule has 0 aliphatic heterocycles. The normalized spacial score (nSPS) is 10.5. The van der Waals surface area contributed by atoms with Crippen molar-refractivity contribution in [3.05, 3.63) is 108 Å². The maximum absolute atomic E-state index is 12.6. The number of nitrogens with zero attached hydrogens (tertiary/aromatic N) is 2. The van der Waals surface area contributed by atoms with Gasteiger partial charge < -0.3 is 9.47 Å². The van der Waals surface area contributed by atoms with Crippen LogP contribution in [0.3, 0.4) is 0 Å². The van der Waals surface area contributed by atoms with Gasteiger partial charge in [0, 0.05) is 11.1 Å². The highest BCUT2D eigenvalue weighted by molar-refractivity contribution is 5.89. The largest absolute Gasteiger partial charge is 0.469 e. The van der Waals surface area contributed by atoms with E-state index in [2.05, 4.69) is 0 Å². The van der Waals surface area contributed by atoms with Gasteiger partial charge in [-0.3, -0.25) is 4.79 Å². The molecule has 0 radical (unpaired) electrons. The molecular formula is C27H22N2O4. The topological polar surface area (TPSA) is 78.4 Å². The fourth-order valence-corrected chi connectivity index (χ4v) is 3.45. The smallest absolute Gasteiger partial charge is 0.338 e. The van der Waals surface area contributed by atoms with Crippen LogP contribution in [0, 0.1) is 0 Å². The molecular weight excluding hydrogens is 416 g/mol. The molecule has 0 N–H and O–H groups in total. The summed E-state index contributed by atoms with van der Waals surface area (Å²) < 4.78 is 10.5. The highest BCUT2D eigenvalue weighted by atomic mass is 16.5. The van der Waals surface area contributed by atoms with Crippen molar-refractivity contribution >= 4 is 11.9 Å². The van der Waals surface area contributed by atoms with Gasteiger partial charge in [0.05, 0.1) is 30.5 Å². The molecule has 6 heteroatoms. The Labute approximate surface area is 191 Å². The molecule has 3 aromatic carbocycles. The summed E-state index contributed by atoms with van der Waals surface area (Å²) in [7, 11) is 1.34. The molecule has 1 heterocycles. The predicted molar refractivity (Wildman–Crippen MR) is 124 cm³/mol. The first-order chi connectivity index (χ1) is 16.2. The molecule has 164 valence electrons. The molecule has 0 fully saturated rings. The number of carbonyl (C=O) groups is 2. The quantitative estimate of drug-likeness (QED) is 0.383. The summed E-state index contributed by atoms with van der Waals surface area (Å²) in [5, 5.41) is 0. The minimum atomic E-state index is -0.455. The monoisotopic (exact) mass is 438 g/mol. The molecule has 0 aliphatic rings. The van der Waals surface area contributed by atoms with Gasteiger partial charge in [0.1, 0.15) is 6.61 Å². The standard InChI is InChI=1S/C27H22N2O4/c1-32-24(30)17-22-25(19-11-5-2-6-12-19)23(18-33-27(31)21-15-9-4-10-16-21)29-26(28-22)20-13-7-3-8-14-20/h2-16H,17-18H2,1H3. The number of ether oxygens (including phenoxy) is 2. The molecule has 0 saturated heterocycles. The number of hydrogen-bond acceptors (Lipinski definition) is 6. The third-order valence-electron chi connectivity index (χ3n) is 5.04. The summed E-state index contributed by atoms with van der Waals surface area (Å²) in [5.41, 5.74) is 3.74. The van der Waals surface area contributed by atoms with Crippen molar-refractivity contribution in [1.29, 1.82) is 0 Å². The van der Waals surface area contributed by atoms with E-state index in [1.165, 1.54) is 7.11 Å². The minimum absolute atomic E-state index is 0.0390. The van der Waals surface area contributed by atoms with Crippen molar-refractivity contribution < 1.29 is 19.1 Å². The minimum Gasteiger partial charge on any atom is -0.469 e. The Hall–Kier alpha value is -4.32. The van der Waals surface area contributed by atoms with Crippen LogP contribution in [0.2, 0.25) is 0 Å². The van der Waals surface area contributed by atoms with Crippen molar-refractivity contribution in [2.45, 2.75) is 13.0 Å². The Kier molecular flexibility index (Phi) is 6.85. The van der Waals surface area contributed by atoms with Crippen LogP contribution >= 0.6 is 0 Å². The average Bonchev–Trinajstić information content (AvgIpc) is 2.88. The van der Waals surface area contributed by atoms with E-state index in [4.69, 9.17) is 19.4 Å². The van der Waals surface area contributed by atoms with Crippen LogP contribution in [0.5, 0.6) is 0 Å². The fourth-order valence-electron chi connectivity index (χ4n) is 3.45. The van der Waals surface area contributed by atoms with E-state index in [0.29, 0.717) is 28.3 Å². The van der Waals surface area contributed by atoms with E-state index in [9.17, 15) is 9.59 Å². The van der Waals surface area contributed by atoms with Gasteiger partial charge in [-0.25, -0.2) is 14.8 Å². The molecule has 0 aliphatic carbocycles. The van der Waals surface area contributed by atoms with Crippen LogP contribution in [0.25, 0.3) is 22.5 Å². The van der Waals surface area contributed by atoms with Crippen molar-refractivity contribution in [2.75, 3.05) is 7.11 Å². The van der Waals surface area contributed by atoms with E-state index in [1.54, 1.807) is 24.3 Å². The van der Waals surface area contributed by atoms with Gasteiger partial charge in [-0.15, -0.1) is 0 Å². The molecule has 0 unspecified atom stereocenters. The van der Waals surface area contributed by atoms with E-state index in [-0.39, 0.29) is 13.0 Å². The molecule has 1 aromatic heterocycles. The fraction of sp³-hybridized carbons (Fsp3) is 0.111. The van der Waals surface area contributed by atoms with Gasteiger partial charge in [-0.2, -0.15) is 0 Å². The highest BCUT2D eigenvalue weighted by Crippen LogP contribution is 2.30. The Bertz CT molecular complexity index is 1240. The van der Waals surface area contributed by atoms with Crippen LogP contribution in [0.15, 0.2) is 91.0 Å². The van der Waals surface area contributed by atoms with Crippen LogP contribution in [-0.2, 0) is 27.3 Å². The van der Waals surface area contributed by atoms with Gasteiger partial charge in [-0.1, -0.05) is 78.9 Å². The second kappa shape index (κ2) is 10.3. The average molecular weight is 438 g/mol. The number of hydrogen-bond donors (Lipinski definition) is 0. The zero-order chi connectivity index (χ0) is 23.0. The maximum Gasteiger partial charge on any atom is 0.338 e. The van der Waals surface area contributed by atoms with E-state index < -0.39 is 11.9 Å². The molecule has 0 atom stereocenters. The SMILES string of the molecule is COC(=O)Cc1nc(-c2ccccc2)nc(COC(=O)c2ccccc2)c1-c1ccccc1. The van der Waals surface area contributed by atoms with Crippen molar-refractivity contribution in [1.82, 2.24) is 9.97 Å². The summed E-state index contributed by atoms with van der Waals surface area (Å²) >= 11 is 0. The van der Waals surface area contributed by atoms with Crippen molar-refractivity contribution in [3.8, 4) is 22.5 Å². The second-order valence-electron chi connectivity index (χ2n) is 7.24. The number of esters is 2. The molecule has 4 aromatic rings. The summed E-state index contributed by atoms with van der Waals surface area (Å²) in [5.74, 6) is -0.430. The van der Waals surface area contributed by atoms with E-state index in [0.717, 1.165) is 11.1 Å². The molecule has 6 nitrogen and oxygen atoms in total. The Balaban J connectivity index is 1.81. The lowest BCUT2D eigenvalue weighted by atomic mass is 9.99. The van der Waals surface area contributed by atoms with E-state index >= 15 is 0 Å². The number of carbonyl (C=O) groups excluding carboxylic acids is 2. The third kappa shape index (κ3) is 5.30. The molecule has 4 rings (SSSR count). The summed E-state index contributed by atoms with van der Waals surface area (Å²) in [6.07, 6.45) is -0.0390. The second-order valence-corrected chi connectivity index (χ2v) is 7.24. The molecule has 0 spiro atoms. The molecule has 33 heavy (non-hydrogen) atoms. The van der Waals surface area contributed by atoms with Crippen molar-refractivity contribution in [3.63, 3.8) is 0 Å². The summed E-state index contributed by atoms with van der Waals surface area (Å²) in [6.45, 7) is -0.0749. The lowest BCUT2D eigenvalue weighted by Gasteiger charge is -2.16. The third-order valence-corrected chi connectivity index (χ3v) is 5.04. The Morgan fingerprint density at radius 1 is 0.727 bits per heavy atom. The van der Waals surface area contributed by atoms with Gasteiger partial charge >= 0.3 is 11.9 Å². The van der Waals surface area contributed by atoms with Gasteiger partial charge in [0.25, 0.3) is 0 Å². The first kappa shape index (κ1) is 21.9. The Morgan fingerprint density at radius 3 is 1.88 bits per heavy atom. The van der Waals surface area contributed by atoms with Gasteiger partial charge in [-0.05, 0) is 17.7 Å². The number of aromatic nitrogens is 2. The summed E-state index contributed by atoms with van der Waals surface area (Å²) in [4.78, 5) is 34.2. The van der Waals surface area contributed by atoms with Crippen LogP contribution in [0.1, 0.15) is 21.7 Å². The number of rotatable bonds is 7. The lowest BCUT2D eigenvalue weighted by Crippen LogP contribution is -2.13. The molecule has 0 amide bonds. The highest BCUT2D eigenvalue weighted by Gasteiger charge is 2.21. The van der Waals surface area contributed by atoms with Crippen LogP contribution < -0.4 is 0 Å². The Morgan fingerprint density at radius 2 is 1.27 bits per heavy atom. The summed E-state index contributed by atoms with van der Waals surface area (Å²) in [6, 6.07) is 27.7. The zero-order valence-electron chi connectivity index (χ0n) is 18.1. The number of benzene rings is 3. The maximum atomic E-state index is 12.6. The van der Waals surface area contributed by atoms with Crippen LogP contribution in [0.4, 0.5) is 0 Å². The first-order valence-electron chi connectivity index (χ1n) is 10.5. The zero-order valence-corrected chi connectivity index (χ0v) is 18.1. The van der Waals surface area contributed by atoms with Gasteiger partial charge in [0.2, 0.25) is 0 Å². The van der Waals surface area contributed by atoms with Crippen LogP contribution in [-0.4, -0.2) is 29.0 Å².